The molecule has 0 saturated carbocycles. The van der Waals surface area contributed by atoms with E-state index in [1.165, 1.54) is 35.2 Å². The van der Waals surface area contributed by atoms with Crippen molar-refractivity contribution in [2.45, 2.75) is 6.54 Å². The Morgan fingerprint density at radius 2 is 1.69 bits per heavy atom. The fourth-order valence-corrected chi connectivity index (χ4v) is 4.54. The van der Waals surface area contributed by atoms with Crippen LogP contribution in [0.1, 0.15) is 11.3 Å². The number of nitro groups is 2. The fraction of sp³-hybridized carbons (Fsp3) is 0.0476. The van der Waals surface area contributed by atoms with Gasteiger partial charge in [-0.1, -0.05) is 42.2 Å². The van der Waals surface area contributed by atoms with Crippen molar-refractivity contribution < 1.29 is 14.6 Å². The first kappa shape index (κ1) is 21.4. The molecule has 0 N–H and O–H groups in total. The van der Waals surface area contributed by atoms with Crippen molar-refractivity contribution in [3.63, 3.8) is 0 Å². The largest absolute Gasteiger partial charge is 0.343 e. The molecule has 1 amide bonds. The van der Waals surface area contributed by atoms with E-state index < -0.39 is 9.85 Å². The van der Waals surface area contributed by atoms with E-state index in [0.717, 1.165) is 11.8 Å². The lowest BCUT2D eigenvalue weighted by atomic mass is 10.2. The molecule has 0 bridgehead atoms. The third kappa shape index (κ3) is 4.15. The van der Waals surface area contributed by atoms with Gasteiger partial charge in [0, 0.05) is 35.7 Å². The minimum absolute atomic E-state index is 0.0247. The highest BCUT2D eigenvalue weighted by molar-refractivity contribution is 8.27. The number of anilines is 1. The molecule has 32 heavy (non-hydrogen) atoms. The fourth-order valence-electron chi connectivity index (χ4n) is 3.26. The predicted molar refractivity (Wildman–Crippen MR) is 125 cm³/mol. The summed E-state index contributed by atoms with van der Waals surface area (Å²) in [5.74, 6) is -0.340. The number of nitro benzene ring substituents is 2. The summed E-state index contributed by atoms with van der Waals surface area (Å²) in [5.41, 5.74) is 1.62. The van der Waals surface area contributed by atoms with Gasteiger partial charge in [0.1, 0.15) is 0 Å². The summed E-state index contributed by atoms with van der Waals surface area (Å²) < 4.78 is 2.12. The van der Waals surface area contributed by atoms with Crippen molar-refractivity contribution in [2.75, 3.05) is 4.90 Å². The first-order chi connectivity index (χ1) is 15.3. The third-order valence-corrected chi connectivity index (χ3v) is 6.09. The van der Waals surface area contributed by atoms with Gasteiger partial charge in [0.05, 0.1) is 27.0 Å². The number of amides is 1. The lowest BCUT2D eigenvalue weighted by molar-refractivity contribution is -0.385. The van der Waals surface area contributed by atoms with Crippen LogP contribution < -0.4 is 4.90 Å². The highest BCUT2D eigenvalue weighted by atomic mass is 32.2. The van der Waals surface area contributed by atoms with Crippen LogP contribution in [0, 0.1) is 20.2 Å². The van der Waals surface area contributed by atoms with Crippen molar-refractivity contribution in [3.8, 4) is 0 Å². The van der Waals surface area contributed by atoms with Gasteiger partial charge in [-0.2, -0.15) is 0 Å². The van der Waals surface area contributed by atoms with Gasteiger partial charge in [-0.3, -0.25) is 29.9 Å². The molecule has 0 radical (unpaired) electrons. The van der Waals surface area contributed by atoms with E-state index >= 15 is 0 Å². The summed E-state index contributed by atoms with van der Waals surface area (Å²) in [6.45, 7) is 0.263. The highest BCUT2D eigenvalue weighted by Gasteiger charge is 2.33. The summed E-state index contributed by atoms with van der Waals surface area (Å²) in [5, 5.41) is 22.2. The van der Waals surface area contributed by atoms with Crippen LogP contribution in [0.4, 0.5) is 17.1 Å². The normalized spacial score (nSPS) is 14.9. The van der Waals surface area contributed by atoms with Crippen LogP contribution >= 0.6 is 24.0 Å². The smallest absolute Gasteiger partial charge is 0.274 e. The topological polar surface area (TPSA) is 112 Å². The number of non-ortho nitro benzene ring substituents is 1. The number of hydrogen-bond acceptors (Lipinski definition) is 7. The molecule has 160 valence electrons. The SMILES string of the molecule is O=C1/C(=C/c2cccn2Cc2ccccc2[N+](=O)[O-])SC(=S)N1c1ccc([N+](=O)[O-])cc1. The zero-order chi connectivity index (χ0) is 22.8. The molecule has 2 aromatic carbocycles. The number of nitrogens with zero attached hydrogens (tertiary/aromatic N) is 4. The van der Waals surface area contributed by atoms with Crippen LogP contribution in [0.5, 0.6) is 0 Å². The van der Waals surface area contributed by atoms with E-state index in [1.807, 2.05) is 0 Å². The van der Waals surface area contributed by atoms with Gasteiger partial charge in [-0.15, -0.1) is 0 Å². The Kier molecular flexibility index (Phi) is 5.84. The minimum Gasteiger partial charge on any atom is -0.343 e. The van der Waals surface area contributed by atoms with Crippen LogP contribution in [-0.2, 0) is 11.3 Å². The molecule has 0 spiro atoms. The lowest BCUT2D eigenvalue weighted by Crippen LogP contribution is -2.27. The average molecular weight is 467 g/mol. The molecule has 1 aliphatic heterocycles. The van der Waals surface area contributed by atoms with Gasteiger partial charge >= 0.3 is 0 Å². The molecule has 0 atom stereocenters. The third-order valence-electron chi connectivity index (χ3n) is 4.79. The zero-order valence-electron chi connectivity index (χ0n) is 16.3. The quantitative estimate of drug-likeness (QED) is 0.223. The molecular formula is C21H14N4O5S2. The van der Waals surface area contributed by atoms with Gasteiger partial charge in [0.15, 0.2) is 4.32 Å². The molecule has 1 fully saturated rings. The summed E-state index contributed by atoms with van der Waals surface area (Å²) in [7, 11) is 0. The van der Waals surface area contributed by atoms with E-state index in [0.29, 0.717) is 26.2 Å². The van der Waals surface area contributed by atoms with Crippen molar-refractivity contribution in [3.05, 3.63) is 103 Å². The van der Waals surface area contributed by atoms with Crippen LogP contribution in [-0.4, -0.2) is 24.6 Å². The first-order valence-electron chi connectivity index (χ1n) is 9.25. The molecule has 4 rings (SSSR count). The van der Waals surface area contributed by atoms with Crippen molar-refractivity contribution in [1.29, 1.82) is 0 Å². The average Bonchev–Trinajstić information content (AvgIpc) is 3.31. The summed E-state index contributed by atoms with van der Waals surface area (Å²) in [6, 6.07) is 15.7. The molecule has 3 aromatic rings. The molecule has 1 saturated heterocycles. The van der Waals surface area contributed by atoms with Crippen LogP contribution in [0.15, 0.2) is 71.8 Å². The van der Waals surface area contributed by atoms with E-state index in [4.69, 9.17) is 12.2 Å². The number of thioether (sulfide) groups is 1. The van der Waals surface area contributed by atoms with Crippen molar-refractivity contribution >= 4 is 57.3 Å². The molecule has 9 nitrogen and oxygen atoms in total. The zero-order valence-corrected chi connectivity index (χ0v) is 17.9. The van der Waals surface area contributed by atoms with Crippen molar-refractivity contribution in [1.82, 2.24) is 4.57 Å². The van der Waals surface area contributed by atoms with Gasteiger partial charge in [0.25, 0.3) is 17.3 Å². The first-order valence-corrected chi connectivity index (χ1v) is 10.5. The molecule has 0 aliphatic carbocycles. The molecular weight excluding hydrogens is 452 g/mol. The van der Waals surface area contributed by atoms with Gasteiger partial charge in [0.2, 0.25) is 0 Å². The summed E-state index contributed by atoms with van der Waals surface area (Å²) in [6.07, 6.45) is 3.46. The number of para-hydroxylation sites is 1. The molecule has 0 unspecified atom stereocenters. The Labute approximate surface area is 191 Å². The van der Waals surface area contributed by atoms with Crippen LogP contribution in [0.25, 0.3) is 6.08 Å². The second-order valence-corrected chi connectivity index (χ2v) is 8.41. The van der Waals surface area contributed by atoms with E-state index in [-0.39, 0.29) is 23.8 Å². The summed E-state index contributed by atoms with van der Waals surface area (Å²) >= 11 is 6.47. The Balaban J connectivity index is 1.60. The number of thiocarbonyl (C=S) groups is 1. The molecule has 2 heterocycles. The van der Waals surface area contributed by atoms with E-state index in [1.54, 1.807) is 47.2 Å². The Morgan fingerprint density at radius 1 is 0.969 bits per heavy atom. The Morgan fingerprint density at radius 3 is 2.38 bits per heavy atom. The molecule has 1 aliphatic rings. The number of rotatable bonds is 6. The maximum Gasteiger partial charge on any atom is 0.274 e. The maximum absolute atomic E-state index is 13.0. The monoisotopic (exact) mass is 466 g/mol. The lowest BCUT2D eigenvalue weighted by Gasteiger charge is -2.14. The Hall–Kier alpha value is -3.83. The van der Waals surface area contributed by atoms with Gasteiger partial charge < -0.3 is 4.57 Å². The van der Waals surface area contributed by atoms with Crippen LogP contribution in [0.3, 0.4) is 0 Å². The van der Waals surface area contributed by atoms with Gasteiger partial charge in [-0.25, -0.2) is 0 Å². The molecule has 1 aromatic heterocycles. The number of hydrogen-bond donors (Lipinski definition) is 0. The predicted octanol–water partition coefficient (Wildman–Crippen LogP) is 4.76. The van der Waals surface area contributed by atoms with E-state index in [9.17, 15) is 25.0 Å². The highest BCUT2D eigenvalue weighted by Crippen LogP contribution is 2.36. The van der Waals surface area contributed by atoms with Gasteiger partial charge in [-0.05, 0) is 30.3 Å². The second-order valence-electron chi connectivity index (χ2n) is 6.74. The van der Waals surface area contributed by atoms with Crippen molar-refractivity contribution in [2.24, 2.45) is 0 Å². The number of aromatic nitrogens is 1. The number of carbonyl (C=O) groups is 1. The molecule has 11 heteroatoms. The Bertz CT molecular complexity index is 1280. The number of benzene rings is 2. The van der Waals surface area contributed by atoms with Crippen LogP contribution in [0.2, 0.25) is 0 Å². The standard InChI is InChI=1S/C21H14N4O5S2/c26-20-19(32-21(31)23(20)15-7-9-16(10-8-15)24(27)28)12-17-5-3-11-22(17)13-14-4-1-2-6-18(14)25(29)30/h1-12H,13H2/b19-12-. The maximum atomic E-state index is 13.0. The summed E-state index contributed by atoms with van der Waals surface area (Å²) in [4.78, 5) is 35.9. The second kappa shape index (κ2) is 8.73. The number of carbonyl (C=O) groups excluding carboxylic acids is 1. The van der Waals surface area contributed by atoms with E-state index in [2.05, 4.69) is 0 Å². The minimum atomic E-state index is -0.515.